The Morgan fingerprint density at radius 1 is 1.50 bits per heavy atom. The van der Waals surface area contributed by atoms with E-state index in [2.05, 4.69) is 31.0 Å². The number of rotatable bonds is 4. The molecule has 2 atom stereocenters. The molecule has 1 aliphatic heterocycles. The molecular formula is C13H22N2O. The van der Waals surface area contributed by atoms with Crippen molar-refractivity contribution in [2.75, 3.05) is 13.1 Å². The Kier molecular flexibility index (Phi) is 3.66. The lowest BCUT2D eigenvalue weighted by Crippen LogP contribution is -2.36. The normalized spacial score (nSPS) is 26.8. The zero-order valence-corrected chi connectivity index (χ0v) is 10.4. The monoisotopic (exact) mass is 222 g/mol. The molecule has 1 aliphatic rings. The maximum Gasteiger partial charge on any atom is 0.117 e. The summed E-state index contributed by atoms with van der Waals surface area (Å²) in [4.78, 5) is 2.53. The molecule has 2 heterocycles. The Hall–Kier alpha value is -0.800. The molecule has 3 heteroatoms. The number of likely N-dealkylation sites (tertiary alicyclic amines) is 1. The summed E-state index contributed by atoms with van der Waals surface area (Å²) in [6, 6.07) is 5.20. The topological polar surface area (TPSA) is 28.4 Å². The minimum absolute atomic E-state index is 0.590. The fraction of sp³-hybridized carbons (Fsp3) is 0.692. The van der Waals surface area contributed by atoms with Crippen molar-refractivity contribution in [2.45, 2.75) is 39.4 Å². The van der Waals surface area contributed by atoms with Gasteiger partial charge in [-0.15, -0.1) is 0 Å². The number of hydrogen-bond acceptors (Lipinski definition) is 3. The van der Waals surface area contributed by atoms with E-state index in [0.29, 0.717) is 12.1 Å². The van der Waals surface area contributed by atoms with E-state index in [4.69, 9.17) is 4.42 Å². The van der Waals surface area contributed by atoms with Crippen LogP contribution in [0.4, 0.5) is 0 Å². The van der Waals surface area contributed by atoms with Crippen molar-refractivity contribution in [3.8, 4) is 0 Å². The highest BCUT2D eigenvalue weighted by atomic mass is 16.3. The van der Waals surface area contributed by atoms with Crippen molar-refractivity contribution in [1.29, 1.82) is 0 Å². The van der Waals surface area contributed by atoms with Crippen LogP contribution in [0.15, 0.2) is 22.8 Å². The lowest BCUT2D eigenvalue weighted by Gasteiger charge is -2.20. The highest BCUT2D eigenvalue weighted by molar-refractivity contribution is 4.99. The Morgan fingerprint density at radius 3 is 2.88 bits per heavy atom. The highest BCUT2D eigenvalue weighted by Crippen LogP contribution is 2.19. The molecule has 0 radical (unpaired) electrons. The fourth-order valence-electron chi connectivity index (χ4n) is 2.34. The SMILES string of the molecule is CC1CN(C(C)C)CC1NCc1ccco1. The van der Waals surface area contributed by atoms with Crippen molar-refractivity contribution in [1.82, 2.24) is 10.2 Å². The van der Waals surface area contributed by atoms with Gasteiger partial charge in [0, 0.05) is 25.2 Å². The smallest absolute Gasteiger partial charge is 0.117 e. The van der Waals surface area contributed by atoms with Gasteiger partial charge in [-0.1, -0.05) is 6.92 Å². The van der Waals surface area contributed by atoms with Crippen LogP contribution in [0.1, 0.15) is 26.5 Å². The molecule has 2 unspecified atom stereocenters. The molecule has 0 aromatic carbocycles. The van der Waals surface area contributed by atoms with Crippen molar-refractivity contribution in [3.05, 3.63) is 24.2 Å². The molecular weight excluding hydrogens is 200 g/mol. The summed E-state index contributed by atoms with van der Waals surface area (Å²) in [5.41, 5.74) is 0. The van der Waals surface area contributed by atoms with Crippen LogP contribution >= 0.6 is 0 Å². The van der Waals surface area contributed by atoms with Gasteiger partial charge in [-0.25, -0.2) is 0 Å². The largest absolute Gasteiger partial charge is 0.468 e. The van der Waals surface area contributed by atoms with Crippen LogP contribution in [0.25, 0.3) is 0 Å². The summed E-state index contributed by atoms with van der Waals surface area (Å²) in [5.74, 6) is 1.74. The maximum atomic E-state index is 5.33. The Balaban J connectivity index is 1.82. The van der Waals surface area contributed by atoms with Gasteiger partial charge in [-0.05, 0) is 31.9 Å². The van der Waals surface area contributed by atoms with Crippen LogP contribution in [-0.4, -0.2) is 30.1 Å². The lowest BCUT2D eigenvalue weighted by molar-refractivity contribution is 0.263. The van der Waals surface area contributed by atoms with E-state index in [1.807, 2.05) is 12.1 Å². The Morgan fingerprint density at radius 2 is 2.31 bits per heavy atom. The number of furan rings is 1. The Bertz CT molecular complexity index is 308. The Labute approximate surface area is 97.8 Å². The van der Waals surface area contributed by atoms with Crippen LogP contribution in [0.5, 0.6) is 0 Å². The van der Waals surface area contributed by atoms with E-state index in [0.717, 1.165) is 24.8 Å². The molecule has 1 aromatic heterocycles. The summed E-state index contributed by atoms with van der Waals surface area (Å²) in [6.45, 7) is 10.0. The first kappa shape index (κ1) is 11.7. The minimum atomic E-state index is 0.590. The van der Waals surface area contributed by atoms with Crippen molar-refractivity contribution >= 4 is 0 Å². The second-order valence-electron chi connectivity index (χ2n) is 5.09. The average Bonchev–Trinajstić information content (AvgIpc) is 2.84. The second kappa shape index (κ2) is 5.02. The van der Waals surface area contributed by atoms with Crippen molar-refractivity contribution in [3.63, 3.8) is 0 Å². The summed E-state index contributed by atoms with van der Waals surface area (Å²) in [6.07, 6.45) is 1.73. The predicted molar refractivity (Wildman–Crippen MR) is 65.2 cm³/mol. The third-order valence-electron chi connectivity index (χ3n) is 3.49. The molecule has 0 bridgehead atoms. The zero-order valence-electron chi connectivity index (χ0n) is 10.4. The number of nitrogens with one attached hydrogen (secondary N) is 1. The van der Waals surface area contributed by atoms with E-state index in [1.165, 1.54) is 6.54 Å². The highest BCUT2D eigenvalue weighted by Gasteiger charge is 2.30. The molecule has 0 saturated carbocycles. The molecule has 1 N–H and O–H groups in total. The predicted octanol–water partition coefficient (Wildman–Crippen LogP) is 2.10. The van der Waals surface area contributed by atoms with E-state index in [-0.39, 0.29) is 0 Å². The second-order valence-corrected chi connectivity index (χ2v) is 5.09. The third kappa shape index (κ3) is 2.66. The van der Waals surface area contributed by atoms with Gasteiger partial charge in [0.15, 0.2) is 0 Å². The average molecular weight is 222 g/mol. The molecule has 90 valence electrons. The summed E-state index contributed by atoms with van der Waals surface area (Å²) < 4.78 is 5.33. The van der Waals surface area contributed by atoms with Crippen molar-refractivity contribution < 1.29 is 4.42 Å². The number of hydrogen-bond donors (Lipinski definition) is 1. The first-order chi connectivity index (χ1) is 7.66. The molecule has 16 heavy (non-hydrogen) atoms. The number of nitrogens with zero attached hydrogens (tertiary/aromatic N) is 1. The standard InChI is InChI=1S/C13H22N2O/c1-10(2)15-8-11(3)13(9-15)14-7-12-5-4-6-16-12/h4-6,10-11,13-14H,7-9H2,1-3H3. The quantitative estimate of drug-likeness (QED) is 0.845. The van der Waals surface area contributed by atoms with E-state index in [1.54, 1.807) is 6.26 Å². The van der Waals surface area contributed by atoms with Crippen LogP contribution in [-0.2, 0) is 6.54 Å². The van der Waals surface area contributed by atoms with E-state index >= 15 is 0 Å². The van der Waals surface area contributed by atoms with Crippen LogP contribution in [0.3, 0.4) is 0 Å². The molecule has 0 amide bonds. The molecule has 1 fully saturated rings. The summed E-state index contributed by atoms with van der Waals surface area (Å²) in [5, 5.41) is 3.58. The van der Waals surface area contributed by atoms with E-state index in [9.17, 15) is 0 Å². The van der Waals surface area contributed by atoms with Crippen LogP contribution in [0.2, 0.25) is 0 Å². The molecule has 2 rings (SSSR count). The van der Waals surface area contributed by atoms with Crippen molar-refractivity contribution in [2.24, 2.45) is 5.92 Å². The van der Waals surface area contributed by atoms with Crippen LogP contribution in [0, 0.1) is 5.92 Å². The van der Waals surface area contributed by atoms with Gasteiger partial charge in [0.2, 0.25) is 0 Å². The molecule has 0 spiro atoms. The van der Waals surface area contributed by atoms with Gasteiger partial charge in [0.25, 0.3) is 0 Å². The third-order valence-corrected chi connectivity index (χ3v) is 3.49. The summed E-state index contributed by atoms with van der Waals surface area (Å²) in [7, 11) is 0. The maximum absolute atomic E-state index is 5.33. The van der Waals surface area contributed by atoms with Gasteiger partial charge in [0.05, 0.1) is 12.8 Å². The van der Waals surface area contributed by atoms with Gasteiger partial charge in [-0.2, -0.15) is 0 Å². The van der Waals surface area contributed by atoms with E-state index < -0.39 is 0 Å². The molecule has 1 saturated heterocycles. The molecule has 3 nitrogen and oxygen atoms in total. The fourth-order valence-corrected chi connectivity index (χ4v) is 2.34. The van der Waals surface area contributed by atoms with Gasteiger partial charge < -0.3 is 9.73 Å². The minimum Gasteiger partial charge on any atom is -0.468 e. The van der Waals surface area contributed by atoms with Crippen LogP contribution < -0.4 is 5.32 Å². The van der Waals surface area contributed by atoms with Gasteiger partial charge >= 0.3 is 0 Å². The van der Waals surface area contributed by atoms with Gasteiger partial charge in [0.1, 0.15) is 5.76 Å². The summed E-state index contributed by atoms with van der Waals surface area (Å²) >= 11 is 0. The first-order valence-electron chi connectivity index (χ1n) is 6.16. The zero-order chi connectivity index (χ0) is 11.5. The molecule has 0 aliphatic carbocycles. The molecule has 1 aromatic rings. The van der Waals surface area contributed by atoms with Gasteiger partial charge in [-0.3, -0.25) is 4.90 Å². The first-order valence-corrected chi connectivity index (χ1v) is 6.16. The lowest BCUT2D eigenvalue weighted by atomic mass is 10.1.